The van der Waals surface area contributed by atoms with Gasteiger partial charge in [-0.1, -0.05) is 35.9 Å². The maximum atomic E-state index is 12.9. The molecule has 0 bridgehead atoms. The molecule has 1 saturated heterocycles. The Labute approximate surface area is 213 Å². The van der Waals surface area contributed by atoms with Gasteiger partial charge in [0.25, 0.3) is 5.91 Å². The second-order valence-corrected chi connectivity index (χ2v) is 9.33. The van der Waals surface area contributed by atoms with Gasteiger partial charge in [-0.3, -0.25) is 14.6 Å². The summed E-state index contributed by atoms with van der Waals surface area (Å²) in [6.45, 7) is 8.15. The van der Waals surface area contributed by atoms with Crippen LogP contribution in [0.4, 0.5) is 0 Å². The largest absolute Gasteiger partial charge is 0.493 e. The molecule has 36 heavy (non-hydrogen) atoms. The molecule has 2 aromatic carbocycles. The van der Waals surface area contributed by atoms with Gasteiger partial charge in [0.15, 0.2) is 17.2 Å². The van der Waals surface area contributed by atoms with Gasteiger partial charge in [0.2, 0.25) is 5.89 Å². The molecule has 1 fully saturated rings. The number of oxazole rings is 1. The first-order valence-corrected chi connectivity index (χ1v) is 12.4. The Morgan fingerprint density at radius 3 is 2.25 bits per heavy atom. The summed E-state index contributed by atoms with van der Waals surface area (Å²) < 4.78 is 16.3. The first-order valence-electron chi connectivity index (χ1n) is 12.4. The van der Waals surface area contributed by atoms with Crippen LogP contribution in [0.2, 0.25) is 0 Å². The van der Waals surface area contributed by atoms with Gasteiger partial charge in [-0.05, 0) is 36.6 Å². The fraction of sp³-hybridized carbons (Fsp3) is 0.429. The quantitative estimate of drug-likeness (QED) is 0.428. The Bertz CT molecular complexity index is 1140. The van der Waals surface area contributed by atoms with E-state index in [0.29, 0.717) is 42.6 Å². The number of methoxy groups -OCH3 is 2. The van der Waals surface area contributed by atoms with E-state index in [2.05, 4.69) is 46.0 Å². The van der Waals surface area contributed by atoms with Crippen molar-refractivity contribution in [3.05, 3.63) is 77.0 Å². The molecule has 4 rings (SSSR count). The van der Waals surface area contributed by atoms with Crippen LogP contribution in [0.15, 0.2) is 53.1 Å². The summed E-state index contributed by atoms with van der Waals surface area (Å²) in [5.74, 6) is 1.81. The van der Waals surface area contributed by atoms with Crippen molar-refractivity contribution in [2.24, 2.45) is 0 Å². The van der Waals surface area contributed by atoms with E-state index in [4.69, 9.17) is 13.9 Å². The van der Waals surface area contributed by atoms with Crippen molar-refractivity contribution in [2.75, 3.05) is 54.0 Å². The van der Waals surface area contributed by atoms with Crippen LogP contribution >= 0.6 is 0 Å². The van der Waals surface area contributed by atoms with Gasteiger partial charge < -0.3 is 18.8 Å². The molecule has 8 heteroatoms. The Hall–Kier alpha value is -3.36. The average molecular weight is 493 g/mol. The molecule has 0 atom stereocenters. The lowest BCUT2D eigenvalue weighted by Crippen LogP contribution is -2.45. The van der Waals surface area contributed by atoms with E-state index in [1.165, 1.54) is 17.4 Å². The van der Waals surface area contributed by atoms with Crippen LogP contribution in [0, 0.1) is 6.92 Å². The minimum Gasteiger partial charge on any atom is -0.493 e. The molecule has 2 heterocycles. The number of ether oxygens (including phenoxy) is 2. The van der Waals surface area contributed by atoms with Gasteiger partial charge in [-0.15, -0.1) is 0 Å². The van der Waals surface area contributed by atoms with Gasteiger partial charge in [-0.2, -0.15) is 0 Å². The van der Waals surface area contributed by atoms with E-state index in [1.807, 2.05) is 18.2 Å². The maximum absolute atomic E-state index is 12.9. The summed E-state index contributed by atoms with van der Waals surface area (Å²) in [5.41, 5.74) is 4.05. The van der Waals surface area contributed by atoms with Gasteiger partial charge in [-0.25, -0.2) is 4.98 Å². The smallest absolute Gasteiger partial charge is 0.275 e. The van der Waals surface area contributed by atoms with Crippen LogP contribution < -0.4 is 9.47 Å². The molecule has 0 aliphatic carbocycles. The summed E-state index contributed by atoms with van der Waals surface area (Å²) in [4.78, 5) is 23.8. The SMILES string of the molecule is COc1ccc(CCN(C)C(=O)c2coc(CN3CCN(Cc4ccc(C)cc4)CC3)n2)cc1OC. The number of hydrogen-bond acceptors (Lipinski definition) is 7. The third-order valence-corrected chi connectivity index (χ3v) is 6.65. The third kappa shape index (κ3) is 6.65. The Kier molecular flexibility index (Phi) is 8.61. The van der Waals surface area contributed by atoms with E-state index >= 15 is 0 Å². The normalized spacial score (nSPS) is 14.6. The first kappa shape index (κ1) is 25.7. The van der Waals surface area contributed by atoms with Gasteiger partial charge >= 0.3 is 0 Å². The highest BCUT2D eigenvalue weighted by molar-refractivity contribution is 5.91. The van der Waals surface area contributed by atoms with Crippen molar-refractivity contribution < 1.29 is 18.7 Å². The Morgan fingerprint density at radius 2 is 1.58 bits per heavy atom. The van der Waals surface area contributed by atoms with Crippen molar-refractivity contribution in [1.82, 2.24) is 19.7 Å². The number of hydrogen-bond donors (Lipinski definition) is 0. The van der Waals surface area contributed by atoms with E-state index in [0.717, 1.165) is 38.3 Å². The molecule has 1 aliphatic heterocycles. The zero-order chi connectivity index (χ0) is 25.5. The number of rotatable bonds is 10. The molecular formula is C28H36N4O4. The summed E-state index contributed by atoms with van der Waals surface area (Å²) in [6.07, 6.45) is 2.17. The number of carbonyl (C=O) groups is 1. The zero-order valence-electron chi connectivity index (χ0n) is 21.7. The molecule has 0 spiro atoms. The van der Waals surface area contributed by atoms with Crippen LogP contribution in [-0.2, 0) is 19.5 Å². The Morgan fingerprint density at radius 1 is 0.944 bits per heavy atom. The highest BCUT2D eigenvalue weighted by atomic mass is 16.5. The molecule has 0 N–H and O–H groups in total. The van der Waals surface area contributed by atoms with Crippen molar-refractivity contribution >= 4 is 5.91 Å². The molecule has 1 aromatic heterocycles. The van der Waals surface area contributed by atoms with Gasteiger partial charge in [0.05, 0.1) is 20.8 Å². The van der Waals surface area contributed by atoms with Crippen LogP contribution in [0.3, 0.4) is 0 Å². The molecule has 192 valence electrons. The lowest BCUT2D eigenvalue weighted by molar-refractivity contribution is 0.0790. The average Bonchev–Trinajstić information content (AvgIpc) is 3.37. The van der Waals surface area contributed by atoms with Crippen LogP contribution in [0.25, 0.3) is 0 Å². The predicted octanol–water partition coefficient (Wildman–Crippen LogP) is 3.63. The molecule has 1 aliphatic rings. The zero-order valence-corrected chi connectivity index (χ0v) is 21.7. The van der Waals surface area contributed by atoms with Crippen molar-refractivity contribution in [1.29, 1.82) is 0 Å². The summed E-state index contributed by atoms with van der Waals surface area (Å²) >= 11 is 0. The topological polar surface area (TPSA) is 71.3 Å². The monoisotopic (exact) mass is 492 g/mol. The molecule has 0 unspecified atom stereocenters. The molecule has 1 amide bonds. The molecule has 8 nitrogen and oxygen atoms in total. The lowest BCUT2D eigenvalue weighted by atomic mass is 10.1. The highest BCUT2D eigenvalue weighted by Gasteiger charge is 2.21. The van der Waals surface area contributed by atoms with E-state index in [9.17, 15) is 4.79 Å². The first-order chi connectivity index (χ1) is 17.4. The van der Waals surface area contributed by atoms with Crippen LogP contribution in [0.5, 0.6) is 11.5 Å². The number of aryl methyl sites for hydroxylation is 1. The maximum Gasteiger partial charge on any atom is 0.275 e. The molecular weight excluding hydrogens is 456 g/mol. The van der Waals surface area contributed by atoms with Crippen molar-refractivity contribution in [3.63, 3.8) is 0 Å². The number of likely N-dealkylation sites (N-methyl/N-ethyl adjacent to an activating group) is 1. The Balaban J connectivity index is 1.23. The predicted molar refractivity (Wildman–Crippen MR) is 138 cm³/mol. The van der Waals surface area contributed by atoms with Gasteiger partial charge in [0.1, 0.15) is 6.26 Å². The summed E-state index contributed by atoms with van der Waals surface area (Å²) in [5, 5.41) is 0. The van der Waals surface area contributed by atoms with E-state index < -0.39 is 0 Å². The number of benzene rings is 2. The second kappa shape index (κ2) is 12.1. The second-order valence-electron chi connectivity index (χ2n) is 9.33. The summed E-state index contributed by atoms with van der Waals surface area (Å²) in [7, 11) is 5.01. The highest BCUT2D eigenvalue weighted by Crippen LogP contribution is 2.27. The lowest BCUT2D eigenvalue weighted by Gasteiger charge is -2.34. The fourth-order valence-electron chi connectivity index (χ4n) is 4.36. The minimum atomic E-state index is -0.145. The van der Waals surface area contributed by atoms with Crippen molar-refractivity contribution in [2.45, 2.75) is 26.4 Å². The van der Waals surface area contributed by atoms with Crippen molar-refractivity contribution in [3.8, 4) is 11.5 Å². The molecule has 3 aromatic rings. The van der Waals surface area contributed by atoms with E-state index in [-0.39, 0.29) is 5.91 Å². The molecule has 0 radical (unpaired) electrons. The standard InChI is InChI=1S/C28H36N4O4/c1-21-5-7-23(8-6-21)18-31-13-15-32(16-14-31)19-27-29-24(20-36-27)28(33)30(2)12-11-22-9-10-25(34-3)26(17-22)35-4/h5-10,17,20H,11-16,18-19H2,1-4H3. The van der Waals surface area contributed by atoms with Crippen LogP contribution in [-0.4, -0.2) is 79.6 Å². The fourth-order valence-corrected chi connectivity index (χ4v) is 4.36. The third-order valence-electron chi connectivity index (χ3n) is 6.65. The number of nitrogens with zero attached hydrogens (tertiary/aromatic N) is 4. The minimum absolute atomic E-state index is 0.145. The van der Waals surface area contributed by atoms with E-state index in [1.54, 1.807) is 26.2 Å². The number of amides is 1. The number of aromatic nitrogens is 1. The summed E-state index contributed by atoms with van der Waals surface area (Å²) in [6, 6.07) is 14.5. The molecule has 0 saturated carbocycles. The van der Waals surface area contributed by atoms with Crippen LogP contribution in [0.1, 0.15) is 33.1 Å². The van der Waals surface area contributed by atoms with Gasteiger partial charge in [0, 0.05) is 46.3 Å². The number of piperazine rings is 1. The number of carbonyl (C=O) groups excluding carboxylic acids is 1.